The Morgan fingerprint density at radius 1 is 1.12 bits per heavy atom. The third kappa shape index (κ3) is 2.87. The third-order valence-corrected chi connectivity index (χ3v) is 7.50. The lowest BCUT2D eigenvalue weighted by atomic mass is 9.73. The maximum Gasteiger partial charge on any atom is 0.177 e. The Bertz CT molecular complexity index is 1320. The van der Waals surface area contributed by atoms with Gasteiger partial charge >= 0.3 is 0 Å². The zero-order valence-corrected chi connectivity index (χ0v) is 18.2. The lowest BCUT2D eigenvalue weighted by molar-refractivity contribution is 0.187. The van der Waals surface area contributed by atoms with Crippen LogP contribution < -0.4 is 16.4 Å². The third-order valence-electron chi connectivity index (χ3n) is 7.10. The van der Waals surface area contributed by atoms with Crippen LogP contribution in [0.1, 0.15) is 30.0 Å². The number of nitrogens with zero attached hydrogens (tertiary/aromatic N) is 5. The molecule has 1 aromatic carbocycles. The molecule has 0 bridgehead atoms. The van der Waals surface area contributed by atoms with Crippen molar-refractivity contribution >= 4 is 34.4 Å². The zero-order valence-electron chi connectivity index (χ0n) is 17.4. The molecular formula is C23H23ClN8. The van der Waals surface area contributed by atoms with E-state index in [-0.39, 0.29) is 17.3 Å². The van der Waals surface area contributed by atoms with Crippen molar-refractivity contribution in [3.8, 4) is 11.3 Å². The summed E-state index contributed by atoms with van der Waals surface area (Å²) in [4.78, 5) is 15.7. The number of rotatable bonds is 2. The molecule has 0 unspecified atom stereocenters. The monoisotopic (exact) mass is 446 g/mol. The summed E-state index contributed by atoms with van der Waals surface area (Å²) in [6, 6.07) is 10.5. The first kappa shape index (κ1) is 19.5. The second-order valence-electron chi connectivity index (χ2n) is 8.76. The topological polar surface area (TPSA) is 123 Å². The number of H-pyrrole nitrogens is 1. The normalized spacial score (nSPS) is 19.6. The first-order valence-electron chi connectivity index (χ1n) is 10.8. The van der Waals surface area contributed by atoms with Crippen molar-refractivity contribution in [2.24, 2.45) is 11.1 Å². The van der Waals surface area contributed by atoms with E-state index in [2.05, 4.69) is 49.3 Å². The second-order valence-corrected chi connectivity index (χ2v) is 9.14. The van der Waals surface area contributed by atoms with Gasteiger partial charge in [0.25, 0.3) is 0 Å². The van der Waals surface area contributed by atoms with Gasteiger partial charge in [0.05, 0.1) is 11.2 Å². The summed E-state index contributed by atoms with van der Waals surface area (Å²) in [6.45, 7) is 1.80. The summed E-state index contributed by atoms with van der Waals surface area (Å²) in [7, 11) is 0. The predicted octanol–water partition coefficient (Wildman–Crippen LogP) is 3.49. The minimum atomic E-state index is 0.0992. The van der Waals surface area contributed by atoms with Crippen molar-refractivity contribution in [2.45, 2.75) is 25.3 Å². The van der Waals surface area contributed by atoms with Gasteiger partial charge in [-0.15, -0.1) is 0 Å². The molecule has 32 heavy (non-hydrogen) atoms. The van der Waals surface area contributed by atoms with Gasteiger partial charge in [0.15, 0.2) is 5.65 Å². The van der Waals surface area contributed by atoms with E-state index in [1.807, 2.05) is 0 Å². The number of aromatic nitrogens is 5. The molecule has 0 radical (unpaired) electrons. The highest BCUT2D eigenvalue weighted by atomic mass is 35.5. The van der Waals surface area contributed by atoms with Crippen LogP contribution in [0.5, 0.6) is 0 Å². The Morgan fingerprint density at radius 3 is 2.75 bits per heavy atom. The maximum atomic E-state index is 6.71. The van der Waals surface area contributed by atoms with Crippen molar-refractivity contribution in [1.82, 2.24) is 25.1 Å². The number of hydrogen-bond acceptors (Lipinski definition) is 7. The smallest absolute Gasteiger partial charge is 0.177 e. The second kappa shape index (κ2) is 7.15. The summed E-state index contributed by atoms with van der Waals surface area (Å²) >= 11 is 6.33. The van der Waals surface area contributed by atoms with Gasteiger partial charge in [0.2, 0.25) is 0 Å². The highest BCUT2D eigenvalue weighted by Gasteiger charge is 2.45. The molecule has 1 saturated heterocycles. The van der Waals surface area contributed by atoms with Gasteiger partial charge in [-0.25, -0.2) is 15.0 Å². The number of halogens is 1. The van der Waals surface area contributed by atoms with Crippen LogP contribution in [0.15, 0.2) is 42.7 Å². The number of nitrogens with one attached hydrogen (secondary N) is 1. The van der Waals surface area contributed by atoms with Crippen LogP contribution in [-0.2, 0) is 6.42 Å². The first-order chi connectivity index (χ1) is 15.6. The fourth-order valence-electron chi connectivity index (χ4n) is 5.26. The van der Waals surface area contributed by atoms with Gasteiger partial charge in [-0.05, 0) is 41.9 Å². The van der Waals surface area contributed by atoms with Crippen molar-refractivity contribution in [3.63, 3.8) is 0 Å². The number of benzene rings is 1. The molecule has 8 nitrogen and oxygen atoms in total. The number of aromatic amines is 1. The molecule has 1 spiro atoms. The lowest BCUT2D eigenvalue weighted by Crippen LogP contribution is -2.44. The van der Waals surface area contributed by atoms with Crippen LogP contribution in [0.4, 0.5) is 11.6 Å². The van der Waals surface area contributed by atoms with Crippen molar-refractivity contribution in [1.29, 1.82) is 0 Å². The van der Waals surface area contributed by atoms with Crippen LogP contribution in [0.25, 0.3) is 22.4 Å². The molecule has 6 rings (SSSR count). The lowest BCUT2D eigenvalue weighted by Gasteiger charge is -2.42. The summed E-state index contributed by atoms with van der Waals surface area (Å²) in [6.07, 6.45) is 6.53. The van der Waals surface area contributed by atoms with Crippen LogP contribution >= 0.6 is 11.6 Å². The fraction of sp³-hybridized carbons (Fsp3) is 0.304. The summed E-state index contributed by atoms with van der Waals surface area (Å²) in [5.74, 6) is 1.10. The van der Waals surface area contributed by atoms with Crippen LogP contribution in [-0.4, -0.2) is 38.2 Å². The molecule has 4 heterocycles. The standard InChI is InChI=1S/C23H23ClN8/c24-17-15(5-8-27-21(17)26)18-19-22(31-30-18)29-16(12-28-19)32-9-6-23(7-10-32)11-13-3-1-2-4-14(13)20(23)25/h1-5,8,12,20H,6-7,9-11,25H2,(H2,26,27)(H,29,30,31)/t20-/m1/s1. The number of fused-ring (bicyclic) bond motifs is 2. The van der Waals surface area contributed by atoms with Gasteiger partial charge < -0.3 is 16.4 Å². The molecule has 1 aliphatic heterocycles. The van der Waals surface area contributed by atoms with Gasteiger partial charge in [0.1, 0.15) is 22.8 Å². The summed E-state index contributed by atoms with van der Waals surface area (Å²) < 4.78 is 0. The van der Waals surface area contributed by atoms with Gasteiger partial charge in [-0.1, -0.05) is 35.9 Å². The molecule has 1 fully saturated rings. The number of anilines is 2. The van der Waals surface area contributed by atoms with E-state index in [4.69, 9.17) is 28.1 Å². The van der Waals surface area contributed by atoms with Crippen LogP contribution in [0, 0.1) is 5.41 Å². The Hall–Kier alpha value is -3.23. The van der Waals surface area contributed by atoms with Gasteiger partial charge in [-0.2, -0.15) is 5.10 Å². The number of pyridine rings is 1. The van der Waals surface area contributed by atoms with E-state index >= 15 is 0 Å². The highest BCUT2D eigenvalue weighted by Crippen LogP contribution is 2.50. The summed E-state index contributed by atoms with van der Waals surface area (Å²) in [5, 5.41) is 7.74. The average Bonchev–Trinajstić information content (AvgIpc) is 3.35. The van der Waals surface area contributed by atoms with Crippen LogP contribution in [0.2, 0.25) is 5.02 Å². The van der Waals surface area contributed by atoms with E-state index in [1.165, 1.54) is 11.1 Å². The van der Waals surface area contributed by atoms with E-state index < -0.39 is 0 Å². The van der Waals surface area contributed by atoms with Crippen molar-refractivity contribution < 1.29 is 0 Å². The predicted molar refractivity (Wildman–Crippen MR) is 125 cm³/mol. The minimum Gasteiger partial charge on any atom is -0.382 e. The first-order valence-corrected chi connectivity index (χ1v) is 11.1. The molecule has 9 heteroatoms. The molecular weight excluding hydrogens is 424 g/mol. The number of nitrogens with two attached hydrogens (primary N) is 2. The molecule has 0 saturated carbocycles. The van der Waals surface area contributed by atoms with Crippen LogP contribution in [0.3, 0.4) is 0 Å². The molecule has 4 aromatic rings. The molecule has 2 aliphatic rings. The Labute approximate surface area is 190 Å². The van der Waals surface area contributed by atoms with Gasteiger partial charge in [0, 0.05) is 30.9 Å². The molecule has 1 atom stereocenters. The quantitative estimate of drug-likeness (QED) is 0.430. The molecule has 0 amide bonds. The van der Waals surface area contributed by atoms with Gasteiger partial charge in [-0.3, -0.25) is 5.10 Å². The van der Waals surface area contributed by atoms with Crippen molar-refractivity contribution in [3.05, 3.63) is 58.9 Å². The highest BCUT2D eigenvalue weighted by molar-refractivity contribution is 6.35. The van der Waals surface area contributed by atoms with E-state index in [9.17, 15) is 0 Å². The molecule has 3 aromatic heterocycles. The Kier molecular flexibility index (Phi) is 4.34. The van der Waals surface area contributed by atoms with E-state index in [0.29, 0.717) is 27.4 Å². The maximum absolute atomic E-state index is 6.71. The fourth-order valence-corrected chi connectivity index (χ4v) is 5.46. The molecule has 1 aliphatic carbocycles. The van der Waals surface area contributed by atoms with E-state index in [0.717, 1.165) is 38.2 Å². The SMILES string of the molecule is Nc1nccc(-c2n[nH]c3nc(N4CCC5(CC4)Cc4ccccc4[C@H]5N)cnc23)c1Cl. The largest absolute Gasteiger partial charge is 0.382 e. The average molecular weight is 447 g/mol. The summed E-state index contributed by atoms with van der Waals surface area (Å²) in [5.41, 5.74) is 18.0. The zero-order chi connectivity index (χ0) is 21.9. The number of nitrogen functional groups attached to an aromatic ring is 1. The van der Waals surface area contributed by atoms with E-state index in [1.54, 1.807) is 18.5 Å². The molecule has 5 N–H and O–H groups in total. The number of piperidine rings is 1. The number of hydrogen-bond donors (Lipinski definition) is 3. The minimum absolute atomic E-state index is 0.0992. The Morgan fingerprint density at radius 2 is 1.94 bits per heavy atom. The van der Waals surface area contributed by atoms with Crippen molar-refractivity contribution in [2.75, 3.05) is 23.7 Å². The Balaban J connectivity index is 1.25. The molecule has 162 valence electrons.